The number of nitrogens with one attached hydrogen (secondary N) is 1. The molecule has 1 fully saturated rings. The minimum absolute atomic E-state index is 0.00948. The van der Waals surface area contributed by atoms with Crippen LogP contribution < -0.4 is 10.2 Å². The van der Waals surface area contributed by atoms with Crippen LogP contribution in [0.25, 0.3) is 16.9 Å². The Morgan fingerprint density at radius 2 is 1.93 bits per heavy atom. The molecule has 4 aromatic rings. The summed E-state index contributed by atoms with van der Waals surface area (Å²) in [6.45, 7) is 2.93. The van der Waals surface area contributed by atoms with Crippen LogP contribution in [0.5, 0.6) is 0 Å². The van der Waals surface area contributed by atoms with E-state index >= 15 is 0 Å². The van der Waals surface area contributed by atoms with Gasteiger partial charge < -0.3 is 10.1 Å². The van der Waals surface area contributed by atoms with Crippen LogP contribution in [-0.4, -0.2) is 53.1 Å². The summed E-state index contributed by atoms with van der Waals surface area (Å²) in [5.41, 5.74) is 4.86. The molecule has 0 aliphatic carbocycles. The summed E-state index contributed by atoms with van der Waals surface area (Å²) in [6.07, 6.45) is 1.87. The Balaban J connectivity index is 1.52. The number of aromatic nitrogens is 2. The van der Waals surface area contributed by atoms with Crippen LogP contribution in [0.3, 0.4) is 0 Å². The smallest absolute Gasteiger partial charge is 0.240 e. The molecule has 0 spiro atoms. The quantitative estimate of drug-likeness (QED) is 0.320. The van der Waals surface area contributed by atoms with Crippen LogP contribution in [0.4, 0.5) is 10.2 Å². The maximum atomic E-state index is 14.5. The van der Waals surface area contributed by atoms with Crippen molar-refractivity contribution < 1.29 is 18.7 Å². The van der Waals surface area contributed by atoms with Gasteiger partial charge in [0.1, 0.15) is 18.2 Å². The maximum Gasteiger partial charge on any atom is 0.240 e. The Morgan fingerprint density at radius 1 is 1.10 bits per heavy atom. The van der Waals surface area contributed by atoms with Crippen LogP contribution in [0.15, 0.2) is 78.9 Å². The molecule has 7 nitrogen and oxygen atoms in total. The van der Waals surface area contributed by atoms with E-state index in [1.165, 1.54) is 28.8 Å². The van der Waals surface area contributed by atoms with Gasteiger partial charge in [-0.1, -0.05) is 54.6 Å². The molecule has 1 N–H and O–H groups in total. The van der Waals surface area contributed by atoms with E-state index in [1.54, 1.807) is 10.7 Å². The van der Waals surface area contributed by atoms with Crippen molar-refractivity contribution in [2.24, 2.45) is 0 Å². The van der Waals surface area contributed by atoms with Crippen molar-refractivity contribution in [3.8, 4) is 16.9 Å². The molecule has 41 heavy (non-hydrogen) atoms. The number of nitrogens with zero attached hydrogens (tertiary/aromatic N) is 3. The van der Waals surface area contributed by atoms with Gasteiger partial charge >= 0.3 is 0 Å². The Hall–Kier alpha value is -3.95. The summed E-state index contributed by atoms with van der Waals surface area (Å²) in [5.74, 6) is -0.191. The third-order valence-electron chi connectivity index (χ3n) is 7.39. The Kier molecular flexibility index (Phi) is 7.89. The summed E-state index contributed by atoms with van der Waals surface area (Å²) in [7, 11) is 0. The first-order chi connectivity index (χ1) is 20.0. The average molecular weight is 571 g/mol. The molecule has 3 heterocycles. The Labute approximate surface area is 242 Å². The Morgan fingerprint density at radius 3 is 2.68 bits per heavy atom. The number of fused-ring (bicyclic) bond motifs is 1. The fraction of sp³-hybridized carbons (Fsp3) is 0.281. The van der Waals surface area contributed by atoms with Gasteiger partial charge in [0.05, 0.1) is 28.5 Å². The molecule has 9 heteroatoms. The zero-order valence-electron chi connectivity index (χ0n) is 22.8. The standard InChI is InChI=1S/C32H31FN4O3S/c1-21-8-5-13-25(16-21)37-32-29(30(35-37)22-9-3-2-4-10-22)31(23-11-6-12-24(33)17-23)41-20-28(39)36(32)19-27(38)34-18-26-14-7-15-40-26/h2-6,8-13,16-17,26,31H,7,14-15,18-20H2,1H3,(H,34,38). The van der Waals surface area contributed by atoms with Gasteiger partial charge in [-0.3, -0.25) is 14.5 Å². The average Bonchev–Trinajstić information content (AvgIpc) is 3.61. The van der Waals surface area contributed by atoms with Crippen molar-refractivity contribution in [1.82, 2.24) is 15.1 Å². The molecular formula is C32H31FN4O3S. The van der Waals surface area contributed by atoms with Gasteiger partial charge in [-0.25, -0.2) is 9.07 Å². The van der Waals surface area contributed by atoms with Crippen LogP contribution in [0.1, 0.15) is 34.8 Å². The number of anilines is 1. The second-order valence-corrected chi connectivity index (χ2v) is 11.5. The minimum Gasteiger partial charge on any atom is -0.376 e. The maximum absolute atomic E-state index is 14.5. The highest BCUT2D eigenvalue weighted by Gasteiger charge is 2.38. The van der Waals surface area contributed by atoms with Gasteiger partial charge in [-0.05, 0) is 55.2 Å². The van der Waals surface area contributed by atoms with Crippen molar-refractivity contribution in [3.63, 3.8) is 0 Å². The van der Waals surface area contributed by atoms with Gasteiger partial charge in [0.2, 0.25) is 11.8 Å². The SMILES string of the molecule is Cc1cccc(-n2nc(-c3ccccc3)c3c2N(CC(=O)NCC2CCCO2)C(=O)CSC3c2cccc(F)c2)c1. The van der Waals surface area contributed by atoms with Gasteiger partial charge in [-0.2, -0.15) is 5.10 Å². The lowest BCUT2D eigenvalue weighted by molar-refractivity contribution is -0.123. The predicted octanol–water partition coefficient (Wildman–Crippen LogP) is 5.45. The second-order valence-electron chi connectivity index (χ2n) is 10.4. The highest BCUT2D eigenvalue weighted by atomic mass is 32.2. The summed E-state index contributed by atoms with van der Waals surface area (Å²) < 4.78 is 21.9. The van der Waals surface area contributed by atoms with Crippen LogP contribution in [0, 0.1) is 12.7 Å². The third-order valence-corrected chi connectivity index (χ3v) is 8.64. The third kappa shape index (κ3) is 5.78. The van der Waals surface area contributed by atoms with Crippen LogP contribution in [0.2, 0.25) is 0 Å². The molecule has 1 saturated heterocycles. The molecule has 2 aliphatic heterocycles. The number of ether oxygens (including phenoxy) is 1. The monoisotopic (exact) mass is 570 g/mol. The minimum atomic E-state index is -0.390. The normalized spacial score (nSPS) is 18.7. The van der Waals surface area contributed by atoms with Crippen molar-refractivity contribution in [3.05, 3.63) is 101 Å². The van der Waals surface area contributed by atoms with Crippen molar-refractivity contribution in [2.45, 2.75) is 31.1 Å². The number of hydrogen-bond acceptors (Lipinski definition) is 5. The highest BCUT2D eigenvalue weighted by Crippen LogP contribution is 2.48. The molecule has 0 saturated carbocycles. The molecule has 3 aromatic carbocycles. The van der Waals surface area contributed by atoms with E-state index in [0.29, 0.717) is 24.7 Å². The van der Waals surface area contributed by atoms with Crippen molar-refractivity contribution in [1.29, 1.82) is 0 Å². The van der Waals surface area contributed by atoms with E-state index in [0.717, 1.165) is 40.8 Å². The summed E-state index contributed by atoms with van der Waals surface area (Å²) >= 11 is 1.42. The topological polar surface area (TPSA) is 76.5 Å². The van der Waals surface area contributed by atoms with Crippen LogP contribution >= 0.6 is 11.8 Å². The number of hydrogen-bond donors (Lipinski definition) is 1. The lowest BCUT2D eigenvalue weighted by atomic mass is 9.99. The largest absolute Gasteiger partial charge is 0.376 e. The predicted molar refractivity (Wildman–Crippen MR) is 159 cm³/mol. The number of carbonyl (C=O) groups is 2. The Bertz CT molecular complexity index is 1570. The highest BCUT2D eigenvalue weighted by molar-refractivity contribution is 8.00. The number of carbonyl (C=O) groups excluding carboxylic acids is 2. The number of amides is 2. The zero-order valence-corrected chi connectivity index (χ0v) is 23.6. The molecule has 1 aromatic heterocycles. The summed E-state index contributed by atoms with van der Waals surface area (Å²) in [4.78, 5) is 28.6. The van der Waals surface area contributed by atoms with E-state index in [4.69, 9.17) is 9.84 Å². The molecule has 0 bridgehead atoms. The zero-order chi connectivity index (χ0) is 28.3. The number of aryl methyl sites for hydroxylation is 1. The van der Waals surface area contributed by atoms with Gasteiger partial charge in [0.25, 0.3) is 0 Å². The van der Waals surface area contributed by atoms with Crippen LogP contribution in [-0.2, 0) is 14.3 Å². The fourth-order valence-corrected chi connectivity index (χ4v) is 6.62. The molecule has 0 radical (unpaired) electrons. The number of thioether (sulfide) groups is 1. The molecule has 2 amide bonds. The number of halogens is 1. The lowest BCUT2D eigenvalue weighted by Crippen LogP contribution is -2.44. The molecule has 2 aliphatic rings. The number of benzene rings is 3. The van der Waals surface area contributed by atoms with E-state index in [-0.39, 0.29) is 36.0 Å². The fourth-order valence-electron chi connectivity index (χ4n) is 5.43. The first-order valence-corrected chi connectivity index (χ1v) is 14.8. The summed E-state index contributed by atoms with van der Waals surface area (Å²) in [5, 5.41) is 7.64. The van der Waals surface area contributed by atoms with E-state index in [9.17, 15) is 14.0 Å². The van der Waals surface area contributed by atoms with E-state index < -0.39 is 5.25 Å². The van der Waals surface area contributed by atoms with E-state index in [2.05, 4.69) is 5.32 Å². The molecule has 6 rings (SSSR count). The molecular weight excluding hydrogens is 539 g/mol. The lowest BCUT2D eigenvalue weighted by Gasteiger charge is -2.23. The van der Waals surface area contributed by atoms with Gasteiger partial charge in [0, 0.05) is 24.3 Å². The molecule has 2 unspecified atom stereocenters. The first kappa shape index (κ1) is 27.2. The first-order valence-electron chi connectivity index (χ1n) is 13.8. The summed E-state index contributed by atoms with van der Waals surface area (Å²) in [6, 6.07) is 24.1. The van der Waals surface area contributed by atoms with Crippen molar-refractivity contribution >= 4 is 29.4 Å². The molecule has 2 atom stereocenters. The van der Waals surface area contributed by atoms with E-state index in [1.807, 2.05) is 67.6 Å². The van der Waals surface area contributed by atoms with Gasteiger partial charge in [-0.15, -0.1) is 11.8 Å². The molecule has 210 valence electrons. The van der Waals surface area contributed by atoms with Gasteiger partial charge in [0.15, 0.2) is 0 Å². The van der Waals surface area contributed by atoms with Crippen molar-refractivity contribution in [2.75, 3.05) is 30.3 Å². The number of rotatable bonds is 7. The second kappa shape index (κ2) is 11.9.